The van der Waals surface area contributed by atoms with Crippen LogP contribution in [-0.4, -0.2) is 26.8 Å². The SMILES string of the molecule is O=C(O)c1ccnc2cc(C(=O)C3CCCC3)[nH]c12. The Balaban J connectivity index is 2.04. The number of hydrogen-bond donors (Lipinski definition) is 2. The van der Waals surface area contributed by atoms with Gasteiger partial charge in [0.15, 0.2) is 5.78 Å². The zero-order valence-corrected chi connectivity index (χ0v) is 10.3. The maximum absolute atomic E-state index is 12.3. The summed E-state index contributed by atoms with van der Waals surface area (Å²) in [6.07, 6.45) is 5.48. The van der Waals surface area contributed by atoms with Crippen molar-refractivity contribution in [1.82, 2.24) is 9.97 Å². The molecule has 19 heavy (non-hydrogen) atoms. The smallest absolute Gasteiger partial charge is 0.337 e. The number of fused-ring (bicyclic) bond motifs is 1. The summed E-state index contributed by atoms with van der Waals surface area (Å²) >= 11 is 0. The number of H-pyrrole nitrogens is 1. The molecule has 2 aromatic rings. The van der Waals surface area contributed by atoms with Gasteiger partial charge in [-0.3, -0.25) is 9.78 Å². The van der Waals surface area contributed by atoms with Crippen molar-refractivity contribution in [2.45, 2.75) is 25.7 Å². The van der Waals surface area contributed by atoms with Gasteiger partial charge in [-0.2, -0.15) is 0 Å². The standard InChI is InChI=1S/C14H14N2O3/c17-13(8-3-1-2-4-8)11-7-10-12(16-11)9(14(18)19)5-6-15-10/h5-8,16H,1-4H2,(H,18,19). The van der Waals surface area contributed by atoms with Crippen molar-refractivity contribution in [3.05, 3.63) is 29.6 Å². The quantitative estimate of drug-likeness (QED) is 0.829. The molecule has 0 radical (unpaired) electrons. The maximum atomic E-state index is 12.3. The number of aromatic carboxylic acids is 1. The molecule has 0 atom stereocenters. The van der Waals surface area contributed by atoms with Gasteiger partial charge >= 0.3 is 5.97 Å². The molecule has 2 heterocycles. The molecule has 3 rings (SSSR count). The van der Waals surface area contributed by atoms with E-state index in [1.807, 2.05) is 0 Å². The van der Waals surface area contributed by atoms with E-state index in [4.69, 9.17) is 5.11 Å². The van der Waals surface area contributed by atoms with Crippen LogP contribution in [0, 0.1) is 5.92 Å². The summed E-state index contributed by atoms with van der Waals surface area (Å²) in [5, 5.41) is 9.11. The predicted octanol–water partition coefficient (Wildman–Crippen LogP) is 2.63. The van der Waals surface area contributed by atoms with Crippen molar-refractivity contribution in [2.75, 3.05) is 0 Å². The van der Waals surface area contributed by atoms with Gasteiger partial charge in [-0.1, -0.05) is 12.8 Å². The zero-order valence-electron chi connectivity index (χ0n) is 10.3. The minimum atomic E-state index is -1.02. The number of ketones is 1. The average molecular weight is 258 g/mol. The number of aromatic nitrogens is 2. The largest absolute Gasteiger partial charge is 0.478 e. The second-order valence-electron chi connectivity index (χ2n) is 4.95. The van der Waals surface area contributed by atoms with Gasteiger partial charge in [0.05, 0.1) is 22.3 Å². The lowest BCUT2D eigenvalue weighted by Crippen LogP contribution is -2.11. The van der Waals surface area contributed by atoms with Crippen LogP contribution in [0.1, 0.15) is 46.5 Å². The third-order valence-electron chi connectivity index (χ3n) is 3.74. The van der Waals surface area contributed by atoms with E-state index in [0.29, 0.717) is 16.7 Å². The number of carboxylic acids is 1. The number of carbonyl (C=O) groups excluding carboxylic acids is 1. The summed E-state index contributed by atoms with van der Waals surface area (Å²) in [7, 11) is 0. The number of Topliss-reactive ketones (excluding diaryl/α,β-unsaturated/α-hetero) is 1. The number of aromatic amines is 1. The lowest BCUT2D eigenvalue weighted by molar-refractivity contribution is 0.0698. The normalized spacial score (nSPS) is 16.0. The number of rotatable bonds is 3. The fraction of sp³-hybridized carbons (Fsp3) is 0.357. The summed E-state index contributed by atoms with van der Waals surface area (Å²) in [4.78, 5) is 30.4. The van der Waals surface area contributed by atoms with Crippen LogP contribution < -0.4 is 0 Å². The Kier molecular flexibility index (Phi) is 2.81. The molecule has 1 fully saturated rings. The lowest BCUT2D eigenvalue weighted by atomic mass is 10.0. The van der Waals surface area contributed by atoms with Crippen molar-refractivity contribution < 1.29 is 14.7 Å². The molecule has 0 saturated heterocycles. The molecule has 5 heteroatoms. The van der Waals surface area contributed by atoms with Gasteiger partial charge in [-0.25, -0.2) is 4.79 Å². The predicted molar refractivity (Wildman–Crippen MR) is 69.3 cm³/mol. The minimum Gasteiger partial charge on any atom is -0.478 e. The van der Waals surface area contributed by atoms with Crippen LogP contribution in [0.25, 0.3) is 11.0 Å². The van der Waals surface area contributed by atoms with Gasteiger partial charge in [0.25, 0.3) is 0 Å². The molecule has 0 bridgehead atoms. The first-order valence-electron chi connectivity index (χ1n) is 6.42. The zero-order chi connectivity index (χ0) is 13.4. The van der Waals surface area contributed by atoms with Crippen molar-refractivity contribution in [1.29, 1.82) is 0 Å². The highest BCUT2D eigenvalue weighted by molar-refractivity contribution is 6.05. The molecule has 0 aromatic carbocycles. The van der Waals surface area contributed by atoms with E-state index in [-0.39, 0.29) is 17.3 Å². The number of pyridine rings is 1. The third kappa shape index (κ3) is 2.01. The first-order chi connectivity index (χ1) is 9.16. The molecular weight excluding hydrogens is 244 g/mol. The van der Waals surface area contributed by atoms with Gasteiger partial charge in [-0.15, -0.1) is 0 Å². The lowest BCUT2D eigenvalue weighted by Gasteiger charge is -2.04. The molecule has 0 spiro atoms. The highest BCUT2D eigenvalue weighted by Gasteiger charge is 2.25. The highest BCUT2D eigenvalue weighted by atomic mass is 16.4. The van der Waals surface area contributed by atoms with E-state index < -0.39 is 5.97 Å². The molecule has 2 aromatic heterocycles. The van der Waals surface area contributed by atoms with E-state index in [0.717, 1.165) is 25.7 Å². The summed E-state index contributed by atoms with van der Waals surface area (Å²) in [5.41, 5.74) is 1.58. The molecule has 1 aliphatic carbocycles. The van der Waals surface area contributed by atoms with E-state index in [1.165, 1.54) is 12.3 Å². The molecule has 5 nitrogen and oxygen atoms in total. The fourth-order valence-corrected chi connectivity index (χ4v) is 2.75. The van der Waals surface area contributed by atoms with E-state index in [9.17, 15) is 9.59 Å². The second kappa shape index (κ2) is 4.50. The van der Waals surface area contributed by atoms with Crippen molar-refractivity contribution in [3.8, 4) is 0 Å². The third-order valence-corrected chi connectivity index (χ3v) is 3.74. The molecule has 0 aliphatic heterocycles. The van der Waals surface area contributed by atoms with Gasteiger partial charge in [0, 0.05) is 12.1 Å². The first-order valence-corrected chi connectivity index (χ1v) is 6.42. The second-order valence-corrected chi connectivity index (χ2v) is 4.95. The molecular formula is C14H14N2O3. The average Bonchev–Trinajstić information content (AvgIpc) is 3.06. The van der Waals surface area contributed by atoms with Crippen LogP contribution in [0.2, 0.25) is 0 Å². The van der Waals surface area contributed by atoms with E-state index in [1.54, 1.807) is 6.07 Å². The summed E-state index contributed by atoms with van der Waals surface area (Å²) in [6.45, 7) is 0. The number of carboxylic acid groups (broad SMARTS) is 1. The molecule has 1 saturated carbocycles. The van der Waals surface area contributed by atoms with Crippen LogP contribution in [0.3, 0.4) is 0 Å². The fourth-order valence-electron chi connectivity index (χ4n) is 2.75. The molecule has 2 N–H and O–H groups in total. The van der Waals surface area contributed by atoms with Gasteiger partial charge in [0.1, 0.15) is 0 Å². The number of carbonyl (C=O) groups is 2. The van der Waals surface area contributed by atoms with Crippen LogP contribution >= 0.6 is 0 Å². The topological polar surface area (TPSA) is 83.0 Å². The van der Waals surface area contributed by atoms with Crippen LogP contribution in [-0.2, 0) is 0 Å². The molecule has 1 aliphatic rings. The summed E-state index contributed by atoms with van der Waals surface area (Å²) < 4.78 is 0. The van der Waals surface area contributed by atoms with Gasteiger partial charge in [0.2, 0.25) is 0 Å². The number of nitrogens with zero attached hydrogens (tertiary/aromatic N) is 1. The monoisotopic (exact) mass is 258 g/mol. The van der Waals surface area contributed by atoms with E-state index in [2.05, 4.69) is 9.97 Å². The van der Waals surface area contributed by atoms with Gasteiger partial charge in [-0.05, 0) is 25.0 Å². The number of nitrogens with one attached hydrogen (secondary N) is 1. The van der Waals surface area contributed by atoms with Crippen LogP contribution in [0.15, 0.2) is 18.3 Å². The molecule has 0 unspecified atom stereocenters. The maximum Gasteiger partial charge on any atom is 0.337 e. The Morgan fingerprint density at radius 3 is 2.74 bits per heavy atom. The minimum absolute atomic E-state index is 0.0707. The van der Waals surface area contributed by atoms with Gasteiger partial charge < -0.3 is 10.1 Å². The van der Waals surface area contributed by atoms with Crippen LogP contribution in [0.5, 0.6) is 0 Å². The Bertz CT molecular complexity index is 654. The molecule has 98 valence electrons. The van der Waals surface area contributed by atoms with E-state index >= 15 is 0 Å². The molecule has 0 amide bonds. The van der Waals surface area contributed by atoms with Crippen molar-refractivity contribution in [3.63, 3.8) is 0 Å². The highest BCUT2D eigenvalue weighted by Crippen LogP contribution is 2.29. The Hall–Kier alpha value is -2.17. The number of hydrogen-bond acceptors (Lipinski definition) is 3. The Labute approximate surface area is 109 Å². The van der Waals surface area contributed by atoms with Crippen LogP contribution in [0.4, 0.5) is 0 Å². The van der Waals surface area contributed by atoms with Crippen molar-refractivity contribution in [2.24, 2.45) is 5.92 Å². The first kappa shape index (κ1) is 11.9. The Morgan fingerprint density at radius 2 is 2.05 bits per heavy atom. The summed E-state index contributed by atoms with van der Waals surface area (Å²) in [6, 6.07) is 3.09. The van der Waals surface area contributed by atoms with Crippen molar-refractivity contribution >= 4 is 22.8 Å². The Morgan fingerprint density at radius 1 is 1.32 bits per heavy atom. The summed E-state index contributed by atoms with van der Waals surface area (Å²) in [5.74, 6) is -0.873.